The van der Waals surface area contributed by atoms with Crippen molar-refractivity contribution in [2.75, 3.05) is 17.7 Å². The maximum atomic E-state index is 11.6. The fraction of sp³-hybridized carbons (Fsp3) is 0.364. The van der Waals surface area contributed by atoms with E-state index >= 15 is 0 Å². The van der Waals surface area contributed by atoms with Crippen molar-refractivity contribution in [1.82, 2.24) is 0 Å². The third kappa shape index (κ3) is 1.75. The molecule has 0 saturated heterocycles. The second-order valence-corrected chi connectivity index (χ2v) is 3.93. The molecule has 15 heavy (non-hydrogen) atoms. The zero-order chi connectivity index (χ0) is 11.0. The van der Waals surface area contributed by atoms with E-state index in [1.807, 2.05) is 26.0 Å². The maximum Gasteiger partial charge on any atom is 0.230 e. The van der Waals surface area contributed by atoms with E-state index in [2.05, 4.69) is 5.32 Å². The van der Waals surface area contributed by atoms with Gasteiger partial charge in [-0.25, -0.2) is 0 Å². The molecule has 1 heterocycles. The van der Waals surface area contributed by atoms with Gasteiger partial charge in [-0.15, -0.1) is 0 Å². The van der Waals surface area contributed by atoms with Crippen LogP contribution in [0.5, 0.6) is 5.75 Å². The molecule has 80 valence electrons. The van der Waals surface area contributed by atoms with Crippen molar-refractivity contribution in [2.24, 2.45) is 5.92 Å². The molecule has 0 saturated carbocycles. The Morgan fingerprint density at radius 2 is 2.27 bits per heavy atom. The number of nitrogens with two attached hydrogens (primary N) is 1. The van der Waals surface area contributed by atoms with Crippen LogP contribution in [-0.4, -0.2) is 12.5 Å². The SMILES string of the molecule is Cc1cc(N)c2c(c1)NC(=O)C(C)CO2. The molecule has 0 radical (unpaired) electrons. The van der Waals surface area contributed by atoms with Gasteiger partial charge in [-0.1, -0.05) is 6.92 Å². The number of hydrogen-bond donors (Lipinski definition) is 2. The van der Waals surface area contributed by atoms with Crippen LogP contribution in [0.1, 0.15) is 12.5 Å². The van der Waals surface area contributed by atoms with E-state index in [1.165, 1.54) is 0 Å². The van der Waals surface area contributed by atoms with E-state index in [1.54, 1.807) is 0 Å². The van der Waals surface area contributed by atoms with Gasteiger partial charge in [-0.05, 0) is 24.6 Å². The van der Waals surface area contributed by atoms with Crippen LogP contribution in [0.25, 0.3) is 0 Å². The fourth-order valence-corrected chi connectivity index (χ4v) is 1.60. The van der Waals surface area contributed by atoms with E-state index in [4.69, 9.17) is 10.5 Å². The highest BCUT2D eigenvalue weighted by molar-refractivity contribution is 5.96. The molecule has 3 N–H and O–H groups in total. The Bertz CT molecular complexity index is 415. The molecule has 1 aromatic carbocycles. The van der Waals surface area contributed by atoms with Gasteiger partial charge in [-0.3, -0.25) is 4.79 Å². The molecule has 0 aliphatic carbocycles. The topological polar surface area (TPSA) is 64.3 Å². The molecule has 4 nitrogen and oxygen atoms in total. The number of fused-ring (bicyclic) bond motifs is 1. The standard InChI is InChI=1S/C11H14N2O2/c1-6-3-8(12)10-9(4-6)13-11(14)7(2)5-15-10/h3-4,7H,5,12H2,1-2H3,(H,13,14). The molecule has 1 atom stereocenters. The predicted molar refractivity (Wildman–Crippen MR) is 58.9 cm³/mol. The van der Waals surface area contributed by atoms with Crippen LogP contribution in [0.3, 0.4) is 0 Å². The molecule has 4 heteroatoms. The van der Waals surface area contributed by atoms with Gasteiger partial charge in [0.05, 0.1) is 23.9 Å². The lowest BCUT2D eigenvalue weighted by atomic mass is 10.1. The summed E-state index contributed by atoms with van der Waals surface area (Å²) in [6.07, 6.45) is 0. The number of aryl methyl sites for hydroxylation is 1. The molecule has 0 aromatic heterocycles. The first-order chi connectivity index (χ1) is 7.08. The summed E-state index contributed by atoms with van der Waals surface area (Å²) in [5.41, 5.74) is 8.07. The minimum atomic E-state index is -0.155. The highest BCUT2D eigenvalue weighted by atomic mass is 16.5. The normalized spacial score (nSPS) is 19.9. The van der Waals surface area contributed by atoms with Crippen molar-refractivity contribution in [3.05, 3.63) is 17.7 Å². The number of carbonyl (C=O) groups excluding carboxylic acids is 1. The highest BCUT2D eigenvalue weighted by Crippen LogP contribution is 2.35. The fourth-order valence-electron chi connectivity index (χ4n) is 1.60. The smallest absolute Gasteiger partial charge is 0.230 e. The summed E-state index contributed by atoms with van der Waals surface area (Å²) in [5.74, 6) is 0.397. The van der Waals surface area contributed by atoms with Crippen LogP contribution >= 0.6 is 0 Å². The monoisotopic (exact) mass is 206 g/mol. The first-order valence-electron chi connectivity index (χ1n) is 4.91. The summed E-state index contributed by atoms with van der Waals surface area (Å²) in [6.45, 7) is 4.12. The van der Waals surface area contributed by atoms with Crippen LogP contribution in [-0.2, 0) is 4.79 Å². The van der Waals surface area contributed by atoms with Gasteiger partial charge in [-0.2, -0.15) is 0 Å². The van der Waals surface area contributed by atoms with Crippen molar-refractivity contribution in [1.29, 1.82) is 0 Å². The van der Waals surface area contributed by atoms with E-state index in [9.17, 15) is 4.79 Å². The first kappa shape index (κ1) is 9.83. The van der Waals surface area contributed by atoms with Crippen molar-refractivity contribution in [3.8, 4) is 5.75 Å². The number of ether oxygens (including phenoxy) is 1. The summed E-state index contributed by atoms with van der Waals surface area (Å²) >= 11 is 0. The molecule has 1 unspecified atom stereocenters. The number of carbonyl (C=O) groups is 1. The van der Waals surface area contributed by atoms with Gasteiger partial charge < -0.3 is 15.8 Å². The van der Waals surface area contributed by atoms with Crippen LogP contribution in [0.2, 0.25) is 0 Å². The second kappa shape index (κ2) is 3.46. The largest absolute Gasteiger partial charge is 0.488 e. The lowest BCUT2D eigenvalue weighted by Gasteiger charge is -2.10. The quantitative estimate of drug-likeness (QED) is 0.633. The van der Waals surface area contributed by atoms with E-state index in [0.717, 1.165) is 5.56 Å². The minimum absolute atomic E-state index is 0.0289. The zero-order valence-electron chi connectivity index (χ0n) is 8.83. The summed E-state index contributed by atoms with van der Waals surface area (Å²) in [6, 6.07) is 3.70. The van der Waals surface area contributed by atoms with Gasteiger partial charge in [0.2, 0.25) is 5.91 Å². The Morgan fingerprint density at radius 1 is 1.53 bits per heavy atom. The molecule has 1 amide bonds. The highest BCUT2D eigenvalue weighted by Gasteiger charge is 2.22. The number of anilines is 2. The van der Waals surface area contributed by atoms with Gasteiger partial charge in [0.15, 0.2) is 5.75 Å². The summed E-state index contributed by atoms with van der Waals surface area (Å²) in [5, 5.41) is 2.81. The predicted octanol–water partition coefficient (Wildman–Crippen LogP) is 1.54. The molecule has 1 aromatic rings. The number of nitrogen functional groups attached to an aromatic ring is 1. The number of rotatable bonds is 0. The molecule has 1 aliphatic heterocycles. The molecule has 0 spiro atoms. The Labute approximate surface area is 88.4 Å². The van der Waals surface area contributed by atoms with Crippen molar-refractivity contribution in [2.45, 2.75) is 13.8 Å². The van der Waals surface area contributed by atoms with Gasteiger partial charge in [0.1, 0.15) is 0 Å². The molecule has 1 aliphatic rings. The number of benzene rings is 1. The minimum Gasteiger partial charge on any atom is -0.488 e. The first-order valence-corrected chi connectivity index (χ1v) is 4.91. The van der Waals surface area contributed by atoms with Crippen molar-refractivity contribution < 1.29 is 9.53 Å². The van der Waals surface area contributed by atoms with E-state index < -0.39 is 0 Å². The number of nitrogens with one attached hydrogen (secondary N) is 1. The summed E-state index contributed by atoms with van der Waals surface area (Å²) in [7, 11) is 0. The Kier molecular flexibility index (Phi) is 2.26. The number of amides is 1. The molecule has 2 rings (SSSR count). The molecular weight excluding hydrogens is 192 g/mol. The lowest BCUT2D eigenvalue weighted by molar-refractivity contribution is -0.119. The van der Waals surface area contributed by atoms with E-state index in [-0.39, 0.29) is 11.8 Å². The van der Waals surface area contributed by atoms with E-state index in [0.29, 0.717) is 23.7 Å². The average Bonchev–Trinajstić information content (AvgIpc) is 2.27. The van der Waals surface area contributed by atoms with Crippen LogP contribution in [0.4, 0.5) is 11.4 Å². The number of hydrogen-bond acceptors (Lipinski definition) is 3. The average molecular weight is 206 g/mol. The third-order valence-electron chi connectivity index (χ3n) is 2.45. The van der Waals surface area contributed by atoms with Gasteiger partial charge >= 0.3 is 0 Å². The zero-order valence-corrected chi connectivity index (χ0v) is 8.83. The molecule has 0 bridgehead atoms. The summed E-state index contributed by atoms with van der Waals surface area (Å²) < 4.78 is 5.51. The molecule has 0 fully saturated rings. The Hall–Kier alpha value is -1.71. The Morgan fingerprint density at radius 3 is 3.00 bits per heavy atom. The van der Waals surface area contributed by atoms with Crippen molar-refractivity contribution >= 4 is 17.3 Å². The second-order valence-electron chi connectivity index (χ2n) is 3.93. The maximum absolute atomic E-state index is 11.6. The van der Waals surface area contributed by atoms with Crippen LogP contribution in [0.15, 0.2) is 12.1 Å². The van der Waals surface area contributed by atoms with Gasteiger partial charge in [0.25, 0.3) is 0 Å². The third-order valence-corrected chi connectivity index (χ3v) is 2.45. The lowest BCUT2D eigenvalue weighted by Crippen LogP contribution is -2.22. The Balaban J connectivity index is 2.47. The van der Waals surface area contributed by atoms with Crippen molar-refractivity contribution in [3.63, 3.8) is 0 Å². The van der Waals surface area contributed by atoms with Gasteiger partial charge in [0, 0.05) is 0 Å². The molecular formula is C11H14N2O2. The van der Waals surface area contributed by atoms with Crippen LogP contribution in [0, 0.1) is 12.8 Å². The van der Waals surface area contributed by atoms with Crippen LogP contribution < -0.4 is 15.8 Å². The summed E-state index contributed by atoms with van der Waals surface area (Å²) in [4.78, 5) is 11.6.